The summed E-state index contributed by atoms with van der Waals surface area (Å²) in [6.45, 7) is 3.15. The number of fused-ring (bicyclic) bond motifs is 1. The van der Waals surface area contributed by atoms with Gasteiger partial charge in [-0.05, 0) is 49.7 Å². The second-order valence-electron chi connectivity index (χ2n) is 6.51. The number of amides is 1. The van der Waals surface area contributed by atoms with E-state index in [9.17, 15) is 22.4 Å². The number of carbonyl (C=O) groups excluding carboxylic acids is 1. The van der Waals surface area contributed by atoms with Crippen molar-refractivity contribution in [1.29, 1.82) is 0 Å². The van der Waals surface area contributed by atoms with E-state index in [2.05, 4.69) is 10.3 Å². The smallest absolute Gasteiger partial charge is 0.361 e. The van der Waals surface area contributed by atoms with Crippen LogP contribution in [0.25, 0.3) is 10.9 Å². The van der Waals surface area contributed by atoms with Crippen molar-refractivity contribution in [3.63, 3.8) is 0 Å². The fourth-order valence-electron chi connectivity index (χ4n) is 2.85. The molecule has 2 aromatic carbocycles. The van der Waals surface area contributed by atoms with Gasteiger partial charge in [0.25, 0.3) is 0 Å². The van der Waals surface area contributed by atoms with E-state index in [1.807, 2.05) is 0 Å². The number of anilines is 1. The molecule has 0 saturated carbocycles. The van der Waals surface area contributed by atoms with Gasteiger partial charge in [-0.25, -0.2) is 4.39 Å². The predicted molar refractivity (Wildman–Crippen MR) is 91.4 cm³/mol. The van der Waals surface area contributed by atoms with Crippen molar-refractivity contribution in [1.82, 2.24) is 4.98 Å². The molecular formula is C19H16F4N2O. The quantitative estimate of drug-likeness (QED) is 0.613. The van der Waals surface area contributed by atoms with Crippen molar-refractivity contribution in [3.8, 4) is 0 Å². The van der Waals surface area contributed by atoms with Crippen molar-refractivity contribution in [2.24, 2.45) is 0 Å². The molecule has 2 N–H and O–H groups in total. The van der Waals surface area contributed by atoms with Crippen LogP contribution < -0.4 is 5.32 Å². The maximum Gasteiger partial charge on any atom is 0.418 e. The van der Waals surface area contributed by atoms with Crippen molar-refractivity contribution in [2.45, 2.75) is 25.4 Å². The number of para-hydroxylation sites is 1. The predicted octanol–water partition coefficient (Wildman–Crippen LogP) is 5.24. The Morgan fingerprint density at radius 1 is 1.04 bits per heavy atom. The average Bonchev–Trinajstić information content (AvgIpc) is 2.98. The van der Waals surface area contributed by atoms with E-state index in [-0.39, 0.29) is 5.69 Å². The molecule has 1 aromatic heterocycles. The number of rotatable bonds is 3. The van der Waals surface area contributed by atoms with E-state index in [0.29, 0.717) is 16.5 Å². The summed E-state index contributed by atoms with van der Waals surface area (Å²) in [7, 11) is 0. The summed E-state index contributed by atoms with van der Waals surface area (Å²) in [4.78, 5) is 15.7. The molecule has 1 heterocycles. The topological polar surface area (TPSA) is 44.9 Å². The van der Waals surface area contributed by atoms with Gasteiger partial charge in [-0.1, -0.05) is 12.1 Å². The summed E-state index contributed by atoms with van der Waals surface area (Å²) in [6, 6.07) is 8.90. The Hall–Kier alpha value is -2.83. The molecule has 26 heavy (non-hydrogen) atoms. The lowest BCUT2D eigenvalue weighted by Gasteiger charge is -2.24. The number of nitrogens with one attached hydrogen (secondary N) is 2. The van der Waals surface area contributed by atoms with E-state index in [1.54, 1.807) is 26.1 Å². The molecule has 0 saturated heterocycles. The van der Waals surface area contributed by atoms with Crippen LogP contribution in [-0.4, -0.2) is 10.9 Å². The largest absolute Gasteiger partial charge is 0.418 e. The molecule has 3 aromatic rings. The molecule has 3 nitrogen and oxygen atoms in total. The Morgan fingerprint density at radius 3 is 2.42 bits per heavy atom. The number of carbonyl (C=O) groups is 1. The standard InChI is InChI=1S/C19H16F4N2O/c1-18(2,14-10-24-15-8-7-11(20)9-12(14)15)17(26)25-16-6-4-3-5-13(16)19(21,22)23/h3-10,24H,1-2H3,(H,25,26). The van der Waals surface area contributed by atoms with E-state index in [0.717, 1.165) is 6.07 Å². The lowest BCUT2D eigenvalue weighted by Crippen LogP contribution is -2.35. The number of benzene rings is 2. The highest BCUT2D eigenvalue weighted by Crippen LogP contribution is 2.36. The molecule has 136 valence electrons. The SMILES string of the molecule is CC(C)(C(=O)Nc1ccccc1C(F)(F)F)c1c[nH]c2ccc(F)cc12. The monoisotopic (exact) mass is 364 g/mol. The molecule has 0 bridgehead atoms. The number of hydrogen-bond donors (Lipinski definition) is 2. The average molecular weight is 364 g/mol. The molecule has 0 atom stereocenters. The van der Waals surface area contributed by atoms with Crippen LogP contribution in [0.15, 0.2) is 48.7 Å². The molecule has 3 rings (SSSR count). The highest BCUT2D eigenvalue weighted by molar-refractivity contribution is 6.02. The Bertz CT molecular complexity index is 973. The van der Waals surface area contributed by atoms with Gasteiger partial charge in [0.2, 0.25) is 5.91 Å². The van der Waals surface area contributed by atoms with Crippen LogP contribution in [0.2, 0.25) is 0 Å². The van der Waals surface area contributed by atoms with Gasteiger partial charge >= 0.3 is 6.18 Å². The molecule has 0 aliphatic carbocycles. The number of alkyl halides is 3. The van der Waals surface area contributed by atoms with Crippen LogP contribution in [-0.2, 0) is 16.4 Å². The van der Waals surface area contributed by atoms with Crippen LogP contribution in [0, 0.1) is 5.82 Å². The lowest BCUT2D eigenvalue weighted by atomic mass is 9.83. The summed E-state index contributed by atoms with van der Waals surface area (Å²) < 4.78 is 52.9. The highest BCUT2D eigenvalue weighted by atomic mass is 19.4. The molecule has 1 amide bonds. The summed E-state index contributed by atoms with van der Waals surface area (Å²) >= 11 is 0. The zero-order chi connectivity index (χ0) is 19.1. The fraction of sp³-hybridized carbons (Fsp3) is 0.211. The van der Waals surface area contributed by atoms with Crippen molar-refractivity contribution in [3.05, 3.63) is 65.6 Å². The normalized spacial score (nSPS) is 12.4. The summed E-state index contributed by atoms with van der Waals surface area (Å²) in [5.74, 6) is -1.09. The number of H-pyrrole nitrogens is 1. The molecule has 0 unspecified atom stereocenters. The third-order valence-electron chi connectivity index (χ3n) is 4.37. The van der Waals surface area contributed by atoms with Gasteiger partial charge in [-0.15, -0.1) is 0 Å². The maximum absolute atomic E-state index is 13.6. The minimum Gasteiger partial charge on any atom is -0.361 e. The second kappa shape index (κ2) is 6.16. The van der Waals surface area contributed by atoms with E-state index in [4.69, 9.17) is 0 Å². The molecule has 0 spiro atoms. The van der Waals surface area contributed by atoms with Crippen LogP contribution in [0.5, 0.6) is 0 Å². The minimum atomic E-state index is -4.59. The highest BCUT2D eigenvalue weighted by Gasteiger charge is 2.36. The van der Waals surface area contributed by atoms with Crippen LogP contribution >= 0.6 is 0 Å². The molecular weight excluding hydrogens is 348 g/mol. The van der Waals surface area contributed by atoms with Gasteiger partial charge in [-0.2, -0.15) is 13.2 Å². The molecule has 0 fully saturated rings. The van der Waals surface area contributed by atoms with Gasteiger partial charge in [-0.3, -0.25) is 4.79 Å². The first-order valence-corrected chi connectivity index (χ1v) is 7.85. The van der Waals surface area contributed by atoms with E-state index in [1.165, 1.54) is 30.3 Å². The third-order valence-corrected chi connectivity index (χ3v) is 4.37. The van der Waals surface area contributed by atoms with Gasteiger partial charge < -0.3 is 10.3 Å². The third kappa shape index (κ3) is 3.16. The number of aromatic amines is 1. The molecule has 7 heteroatoms. The fourth-order valence-corrected chi connectivity index (χ4v) is 2.85. The van der Waals surface area contributed by atoms with E-state index >= 15 is 0 Å². The van der Waals surface area contributed by atoms with Gasteiger partial charge in [0, 0.05) is 17.1 Å². The summed E-state index contributed by atoms with van der Waals surface area (Å²) in [5, 5.41) is 2.87. The maximum atomic E-state index is 13.6. The molecule has 0 aliphatic heterocycles. The first-order chi connectivity index (χ1) is 12.1. The molecule has 0 aliphatic rings. The van der Waals surface area contributed by atoms with Gasteiger partial charge in [0.05, 0.1) is 16.7 Å². The van der Waals surface area contributed by atoms with Gasteiger partial charge in [0.15, 0.2) is 0 Å². The molecule has 0 radical (unpaired) electrons. The minimum absolute atomic E-state index is 0.316. The zero-order valence-corrected chi connectivity index (χ0v) is 14.0. The Balaban J connectivity index is 1.98. The van der Waals surface area contributed by atoms with Crippen LogP contribution in [0.4, 0.5) is 23.2 Å². The zero-order valence-electron chi connectivity index (χ0n) is 14.0. The van der Waals surface area contributed by atoms with Crippen molar-refractivity contribution in [2.75, 3.05) is 5.32 Å². The lowest BCUT2D eigenvalue weighted by molar-refractivity contribution is -0.137. The Morgan fingerprint density at radius 2 is 1.73 bits per heavy atom. The van der Waals surface area contributed by atoms with E-state index < -0.39 is 28.9 Å². The van der Waals surface area contributed by atoms with Crippen molar-refractivity contribution < 1.29 is 22.4 Å². The Kier molecular flexibility index (Phi) is 4.26. The summed E-state index contributed by atoms with van der Waals surface area (Å²) in [5.41, 5.74) is -1.30. The second-order valence-corrected chi connectivity index (χ2v) is 6.51. The number of hydrogen-bond acceptors (Lipinski definition) is 1. The Labute approximate surface area is 147 Å². The number of aromatic nitrogens is 1. The summed E-state index contributed by atoms with van der Waals surface area (Å²) in [6.07, 6.45) is -3.02. The van der Waals surface area contributed by atoms with Crippen LogP contribution in [0.3, 0.4) is 0 Å². The first kappa shape index (κ1) is 18.0. The van der Waals surface area contributed by atoms with Crippen LogP contribution in [0.1, 0.15) is 25.0 Å². The van der Waals surface area contributed by atoms with Crippen molar-refractivity contribution >= 4 is 22.5 Å². The number of halogens is 4. The first-order valence-electron chi connectivity index (χ1n) is 7.85. The van der Waals surface area contributed by atoms with Gasteiger partial charge in [0.1, 0.15) is 5.82 Å².